The zero-order chi connectivity index (χ0) is 12.3. The Labute approximate surface area is 102 Å². The second kappa shape index (κ2) is 5.05. The summed E-state index contributed by atoms with van der Waals surface area (Å²) in [5.41, 5.74) is 0.585. The highest BCUT2D eigenvalue weighted by Crippen LogP contribution is 2.17. The van der Waals surface area contributed by atoms with Crippen molar-refractivity contribution in [3.8, 4) is 0 Å². The molecule has 0 aliphatic carbocycles. The second-order valence-electron chi connectivity index (χ2n) is 3.53. The average molecular weight is 309 g/mol. The van der Waals surface area contributed by atoms with E-state index in [0.29, 0.717) is 5.56 Å². The number of halogens is 2. The predicted octanol–water partition coefficient (Wildman–Crippen LogP) is 1.74. The minimum atomic E-state index is -3.30. The molecule has 6 heteroatoms. The molecule has 0 aliphatic heterocycles. The molecule has 0 saturated carbocycles. The van der Waals surface area contributed by atoms with Gasteiger partial charge in [0, 0.05) is 12.7 Å². The van der Waals surface area contributed by atoms with Crippen molar-refractivity contribution in [2.45, 2.75) is 6.42 Å². The lowest BCUT2D eigenvalue weighted by atomic mass is 10.1. The first-order valence-corrected chi connectivity index (χ1v) is 7.26. The fraction of sp³-hybridized carbons (Fsp3) is 0.300. The Kier molecular flexibility index (Phi) is 4.21. The Morgan fingerprint density at radius 3 is 2.56 bits per heavy atom. The van der Waals surface area contributed by atoms with E-state index in [-0.39, 0.29) is 10.9 Å². The molecule has 0 fully saturated rings. The number of Topliss-reactive ketones (excluding diaryl/α,β-unsaturated/α-hetero) is 1. The van der Waals surface area contributed by atoms with Crippen molar-refractivity contribution >= 4 is 31.6 Å². The van der Waals surface area contributed by atoms with E-state index in [9.17, 15) is 17.6 Å². The predicted molar refractivity (Wildman–Crippen MR) is 62.5 cm³/mol. The lowest BCUT2D eigenvalue weighted by Gasteiger charge is -2.01. The zero-order valence-corrected chi connectivity index (χ0v) is 10.9. The first kappa shape index (κ1) is 13.3. The standard InChI is InChI=1S/C10H10BrFO3S/c1-16(14,15)6-8(13)4-7-2-3-10(12)9(11)5-7/h2-3,5H,4,6H2,1H3. The van der Waals surface area contributed by atoms with E-state index in [0.717, 1.165) is 6.26 Å². The maximum atomic E-state index is 12.9. The molecule has 1 aromatic rings. The van der Waals surface area contributed by atoms with E-state index < -0.39 is 27.2 Å². The van der Waals surface area contributed by atoms with Gasteiger partial charge < -0.3 is 0 Å². The van der Waals surface area contributed by atoms with Crippen LogP contribution >= 0.6 is 15.9 Å². The highest BCUT2D eigenvalue weighted by atomic mass is 79.9. The van der Waals surface area contributed by atoms with Crippen LogP contribution in [-0.2, 0) is 21.1 Å². The summed E-state index contributed by atoms with van der Waals surface area (Å²) in [6.45, 7) is 0. The van der Waals surface area contributed by atoms with Gasteiger partial charge in [-0.2, -0.15) is 0 Å². The van der Waals surface area contributed by atoms with Crippen LogP contribution in [0.25, 0.3) is 0 Å². The highest BCUT2D eigenvalue weighted by Gasteiger charge is 2.12. The van der Waals surface area contributed by atoms with Gasteiger partial charge in [-0.1, -0.05) is 6.07 Å². The van der Waals surface area contributed by atoms with Crippen molar-refractivity contribution in [1.29, 1.82) is 0 Å². The summed E-state index contributed by atoms with van der Waals surface area (Å²) in [4.78, 5) is 11.3. The fourth-order valence-corrected chi connectivity index (χ4v) is 2.33. The molecule has 0 aliphatic rings. The summed E-state index contributed by atoms with van der Waals surface area (Å²) in [5, 5.41) is 0. The number of rotatable bonds is 4. The Morgan fingerprint density at radius 2 is 2.06 bits per heavy atom. The van der Waals surface area contributed by atoms with Crippen LogP contribution in [0.15, 0.2) is 22.7 Å². The molecule has 1 aromatic carbocycles. The molecule has 0 bridgehead atoms. The number of hydrogen-bond donors (Lipinski definition) is 0. The number of ketones is 1. The van der Waals surface area contributed by atoms with Crippen LogP contribution in [0, 0.1) is 5.82 Å². The largest absolute Gasteiger partial charge is 0.298 e. The lowest BCUT2D eigenvalue weighted by molar-refractivity contribution is -0.116. The Hall–Kier alpha value is -0.750. The van der Waals surface area contributed by atoms with Gasteiger partial charge >= 0.3 is 0 Å². The molecule has 0 saturated heterocycles. The van der Waals surface area contributed by atoms with Crippen LogP contribution in [0.4, 0.5) is 4.39 Å². The number of hydrogen-bond acceptors (Lipinski definition) is 3. The molecule has 0 heterocycles. The minimum absolute atomic E-state index is 0.00799. The molecule has 3 nitrogen and oxygen atoms in total. The molecule has 0 radical (unpaired) electrons. The summed E-state index contributed by atoms with van der Waals surface area (Å²) in [5.74, 6) is -1.30. The first-order chi connectivity index (χ1) is 7.28. The minimum Gasteiger partial charge on any atom is -0.298 e. The van der Waals surface area contributed by atoms with E-state index in [1.807, 2.05) is 0 Å². The number of carbonyl (C=O) groups excluding carboxylic acids is 1. The van der Waals surface area contributed by atoms with Crippen LogP contribution in [0.3, 0.4) is 0 Å². The fourth-order valence-electron chi connectivity index (χ4n) is 1.22. The molecule has 0 unspecified atom stereocenters. The second-order valence-corrected chi connectivity index (χ2v) is 6.53. The van der Waals surface area contributed by atoms with Gasteiger partial charge in [-0.25, -0.2) is 12.8 Å². The molecular weight excluding hydrogens is 299 g/mol. The molecular formula is C10H10BrFO3S. The topological polar surface area (TPSA) is 51.2 Å². The number of benzene rings is 1. The SMILES string of the molecule is CS(=O)(=O)CC(=O)Cc1ccc(F)c(Br)c1. The Morgan fingerprint density at radius 1 is 1.44 bits per heavy atom. The highest BCUT2D eigenvalue weighted by molar-refractivity contribution is 9.10. The van der Waals surface area contributed by atoms with Crippen molar-refractivity contribution in [2.75, 3.05) is 12.0 Å². The third kappa shape index (κ3) is 4.40. The molecule has 88 valence electrons. The van der Waals surface area contributed by atoms with Crippen LogP contribution in [0.5, 0.6) is 0 Å². The molecule has 0 aromatic heterocycles. The van der Waals surface area contributed by atoms with Crippen LogP contribution in [-0.4, -0.2) is 26.2 Å². The summed E-state index contributed by atoms with van der Waals surface area (Å²) in [6, 6.07) is 4.16. The van der Waals surface area contributed by atoms with Gasteiger partial charge in [-0.05, 0) is 33.6 Å². The third-order valence-electron chi connectivity index (χ3n) is 1.81. The van der Waals surface area contributed by atoms with E-state index in [1.54, 1.807) is 0 Å². The molecule has 0 N–H and O–H groups in total. The molecule has 0 spiro atoms. The van der Waals surface area contributed by atoms with Crippen LogP contribution in [0.1, 0.15) is 5.56 Å². The van der Waals surface area contributed by atoms with Gasteiger partial charge in [0.2, 0.25) is 0 Å². The summed E-state index contributed by atoms with van der Waals surface area (Å²) in [6.07, 6.45) is 0.997. The maximum Gasteiger partial charge on any atom is 0.154 e. The van der Waals surface area contributed by atoms with E-state index in [4.69, 9.17) is 0 Å². The van der Waals surface area contributed by atoms with Crippen molar-refractivity contribution in [3.05, 3.63) is 34.1 Å². The summed E-state index contributed by atoms with van der Waals surface area (Å²) in [7, 11) is -3.30. The Bertz CT molecular complexity index is 511. The zero-order valence-electron chi connectivity index (χ0n) is 8.54. The third-order valence-corrected chi connectivity index (χ3v) is 3.26. The van der Waals surface area contributed by atoms with Crippen molar-refractivity contribution in [2.24, 2.45) is 0 Å². The monoisotopic (exact) mass is 308 g/mol. The van der Waals surface area contributed by atoms with Gasteiger partial charge in [-0.15, -0.1) is 0 Å². The van der Waals surface area contributed by atoms with Gasteiger partial charge in [0.15, 0.2) is 15.6 Å². The smallest absolute Gasteiger partial charge is 0.154 e. The normalized spacial score (nSPS) is 11.4. The molecule has 0 atom stereocenters. The van der Waals surface area contributed by atoms with E-state index in [2.05, 4.69) is 15.9 Å². The van der Waals surface area contributed by atoms with E-state index in [1.165, 1.54) is 18.2 Å². The first-order valence-electron chi connectivity index (χ1n) is 4.41. The average Bonchev–Trinajstić information content (AvgIpc) is 2.08. The van der Waals surface area contributed by atoms with E-state index >= 15 is 0 Å². The summed E-state index contributed by atoms with van der Waals surface area (Å²) >= 11 is 2.99. The molecule has 1 rings (SSSR count). The van der Waals surface area contributed by atoms with Gasteiger partial charge in [0.05, 0.1) is 4.47 Å². The number of carbonyl (C=O) groups is 1. The summed E-state index contributed by atoms with van der Waals surface area (Å²) < 4.78 is 34.9. The van der Waals surface area contributed by atoms with Gasteiger partial charge in [0.25, 0.3) is 0 Å². The lowest BCUT2D eigenvalue weighted by Crippen LogP contribution is -2.16. The van der Waals surface area contributed by atoms with Crippen LogP contribution < -0.4 is 0 Å². The van der Waals surface area contributed by atoms with Crippen molar-refractivity contribution < 1.29 is 17.6 Å². The van der Waals surface area contributed by atoms with Crippen molar-refractivity contribution in [1.82, 2.24) is 0 Å². The Balaban J connectivity index is 2.74. The van der Waals surface area contributed by atoms with Crippen LogP contribution in [0.2, 0.25) is 0 Å². The van der Waals surface area contributed by atoms with Gasteiger partial charge in [-0.3, -0.25) is 4.79 Å². The molecule has 0 amide bonds. The number of sulfone groups is 1. The quantitative estimate of drug-likeness (QED) is 0.851. The van der Waals surface area contributed by atoms with Gasteiger partial charge in [0.1, 0.15) is 11.6 Å². The molecule has 16 heavy (non-hydrogen) atoms. The van der Waals surface area contributed by atoms with Crippen molar-refractivity contribution in [3.63, 3.8) is 0 Å². The maximum absolute atomic E-state index is 12.9.